The first-order chi connectivity index (χ1) is 4.18. The predicted octanol–water partition coefficient (Wildman–Crippen LogP) is 1.77. The summed E-state index contributed by atoms with van der Waals surface area (Å²) in [5.74, 6) is -0.982. The number of allylic oxidation sites excluding steroid dienone is 1. The molecule has 0 amide bonds. The lowest BCUT2D eigenvalue weighted by Gasteiger charge is -1.89. The molecule has 0 aliphatic heterocycles. The zero-order chi connectivity index (χ0) is 7.28. The van der Waals surface area contributed by atoms with Gasteiger partial charge < -0.3 is 5.11 Å². The minimum Gasteiger partial charge on any atom is -0.478 e. The molecule has 50 valence electrons. The van der Waals surface area contributed by atoms with Crippen LogP contribution in [0.3, 0.4) is 0 Å². The van der Waals surface area contributed by atoms with Gasteiger partial charge in [0.25, 0.3) is 0 Å². The van der Waals surface area contributed by atoms with Crippen LogP contribution in [0.2, 0.25) is 0 Å². The summed E-state index contributed by atoms with van der Waals surface area (Å²) in [6.45, 7) is 3.28. The third-order valence-electron chi connectivity index (χ3n) is 0.756. The molecule has 0 aromatic carbocycles. The number of rotatable bonds is 3. The highest BCUT2D eigenvalue weighted by Crippen LogP contribution is 1.98. The summed E-state index contributed by atoms with van der Waals surface area (Å²) in [6.07, 6.45) is 1.83. The van der Waals surface area contributed by atoms with Gasteiger partial charge in [-0.05, 0) is 6.42 Å². The second-order valence-electron chi connectivity index (χ2n) is 1.47. The Morgan fingerprint density at radius 2 is 2.33 bits per heavy atom. The maximum Gasteiger partial charge on any atom is 0.331 e. The van der Waals surface area contributed by atoms with E-state index in [2.05, 4.69) is 6.58 Å². The van der Waals surface area contributed by atoms with Crippen LogP contribution in [0.5, 0.6) is 0 Å². The average Bonchev–Trinajstić information content (AvgIpc) is 1.82. The van der Waals surface area contributed by atoms with Crippen molar-refractivity contribution < 1.29 is 9.90 Å². The van der Waals surface area contributed by atoms with Crippen LogP contribution in [-0.2, 0) is 4.79 Å². The van der Waals surface area contributed by atoms with Gasteiger partial charge in [0.05, 0.1) is 0 Å². The van der Waals surface area contributed by atoms with Crippen LogP contribution in [-0.4, -0.2) is 11.1 Å². The van der Waals surface area contributed by atoms with Crippen molar-refractivity contribution in [1.82, 2.24) is 0 Å². The average molecular weight is 147 g/mol. The Morgan fingerprint density at radius 1 is 1.78 bits per heavy atom. The van der Waals surface area contributed by atoms with E-state index in [1.807, 2.05) is 0 Å². The zero-order valence-electron chi connectivity index (χ0n) is 4.80. The molecular weight excluding hydrogens is 140 g/mol. The molecule has 0 fully saturated rings. The van der Waals surface area contributed by atoms with Crippen molar-refractivity contribution >= 4 is 17.6 Å². The van der Waals surface area contributed by atoms with Crippen molar-refractivity contribution in [2.75, 3.05) is 0 Å². The number of hydrogen-bond acceptors (Lipinski definition) is 1. The summed E-state index contributed by atoms with van der Waals surface area (Å²) >= 11 is 5.14. The van der Waals surface area contributed by atoms with Gasteiger partial charge in [-0.3, -0.25) is 0 Å². The first-order valence-corrected chi connectivity index (χ1v) is 2.78. The van der Waals surface area contributed by atoms with Gasteiger partial charge >= 0.3 is 5.97 Å². The standard InChI is InChI=1S/C6H7ClO2/c1-5(6(8)9)3-2-4-7/h2,4H,1,3H2,(H,8,9)/b4-2-. The van der Waals surface area contributed by atoms with Crippen molar-refractivity contribution in [3.8, 4) is 0 Å². The molecule has 0 heterocycles. The molecule has 0 rings (SSSR count). The van der Waals surface area contributed by atoms with Crippen LogP contribution in [0.4, 0.5) is 0 Å². The highest BCUT2D eigenvalue weighted by atomic mass is 35.5. The molecular formula is C6H7ClO2. The molecule has 2 nitrogen and oxygen atoms in total. The Bertz CT molecular complexity index is 149. The Labute approximate surface area is 58.4 Å². The van der Waals surface area contributed by atoms with E-state index in [1.165, 1.54) is 11.6 Å². The normalized spacial score (nSPS) is 9.89. The topological polar surface area (TPSA) is 37.3 Å². The summed E-state index contributed by atoms with van der Waals surface area (Å²) in [6, 6.07) is 0. The minimum absolute atomic E-state index is 0.145. The molecule has 0 aliphatic rings. The van der Waals surface area contributed by atoms with Gasteiger partial charge in [-0.1, -0.05) is 24.3 Å². The molecule has 0 saturated heterocycles. The van der Waals surface area contributed by atoms with E-state index < -0.39 is 5.97 Å². The molecule has 0 bridgehead atoms. The number of hydrogen-bond donors (Lipinski definition) is 1. The highest BCUT2D eigenvalue weighted by molar-refractivity contribution is 6.25. The second-order valence-corrected chi connectivity index (χ2v) is 1.73. The third-order valence-corrected chi connectivity index (χ3v) is 0.934. The molecule has 0 aromatic rings. The van der Waals surface area contributed by atoms with Gasteiger partial charge in [-0.15, -0.1) is 0 Å². The first kappa shape index (κ1) is 8.24. The molecule has 0 aromatic heterocycles. The Kier molecular flexibility index (Phi) is 3.80. The van der Waals surface area contributed by atoms with Gasteiger partial charge in [-0.25, -0.2) is 4.79 Å². The molecule has 0 spiro atoms. The summed E-state index contributed by atoms with van der Waals surface area (Å²) in [5, 5.41) is 8.23. The van der Waals surface area contributed by atoms with Crippen LogP contribution in [0.25, 0.3) is 0 Å². The summed E-state index contributed by atoms with van der Waals surface area (Å²) in [4.78, 5) is 10.0. The lowest BCUT2D eigenvalue weighted by atomic mass is 10.2. The molecule has 0 unspecified atom stereocenters. The Hall–Kier alpha value is -0.760. The van der Waals surface area contributed by atoms with Gasteiger partial charge in [0.2, 0.25) is 0 Å². The van der Waals surface area contributed by atoms with Gasteiger partial charge in [0.15, 0.2) is 0 Å². The Balaban J connectivity index is 3.65. The fourth-order valence-corrected chi connectivity index (χ4v) is 0.363. The molecule has 9 heavy (non-hydrogen) atoms. The lowest BCUT2D eigenvalue weighted by molar-refractivity contribution is -0.132. The van der Waals surface area contributed by atoms with E-state index in [1.54, 1.807) is 0 Å². The number of carboxylic acid groups (broad SMARTS) is 1. The zero-order valence-corrected chi connectivity index (χ0v) is 5.56. The van der Waals surface area contributed by atoms with Crippen LogP contribution < -0.4 is 0 Å². The van der Waals surface area contributed by atoms with Gasteiger partial charge in [0.1, 0.15) is 0 Å². The van der Waals surface area contributed by atoms with E-state index in [0.717, 1.165) is 0 Å². The Morgan fingerprint density at radius 3 is 2.67 bits per heavy atom. The maximum absolute atomic E-state index is 10.0. The van der Waals surface area contributed by atoms with E-state index in [-0.39, 0.29) is 5.57 Å². The SMILES string of the molecule is C=C(C/C=C\Cl)C(=O)O. The molecule has 3 heteroatoms. The van der Waals surface area contributed by atoms with Crippen molar-refractivity contribution in [3.63, 3.8) is 0 Å². The van der Waals surface area contributed by atoms with E-state index >= 15 is 0 Å². The van der Waals surface area contributed by atoms with Crippen LogP contribution in [0, 0.1) is 0 Å². The number of carboxylic acids is 1. The maximum atomic E-state index is 10.0. The number of aliphatic carboxylic acids is 1. The summed E-state index contributed by atoms with van der Waals surface area (Å²) < 4.78 is 0. The third kappa shape index (κ3) is 3.79. The fourth-order valence-electron chi connectivity index (χ4n) is 0.274. The van der Waals surface area contributed by atoms with Gasteiger partial charge in [0, 0.05) is 11.1 Å². The van der Waals surface area contributed by atoms with Crippen molar-refractivity contribution in [2.24, 2.45) is 0 Å². The molecule has 0 radical (unpaired) electrons. The highest BCUT2D eigenvalue weighted by Gasteiger charge is 1.98. The summed E-state index contributed by atoms with van der Waals surface area (Å²) in [5.41, 5.74) is 1.42. The molecule has 0 saturated carbocycles. The quantitative estimate of drug-likeness (QED) is 0.617. The van der Waals surface area contributed by atoms with Crippen LogP contribution >= 0.6 is 11.6 Å². The molecule has 1 N–H and O–H groups in total. The van der Waals surface area contributed by atoms with Crippen molar-refractivity contribution in [2.45, 2.75) is 6.42 Å². The first-order valence-electron chi connectivity index (χ1n) is 2.34. The number of carbonyl (C=O) groups is 1. The minimum atomic E-state index is -0.982. The van der Waals surface area contributed by atoms with Crippen LogP contribution in [0.1, 0.15) is 6.42 Å². The van der Waals surface area contributed by atoms with E-state index in [4.69, 9.17) is 16.7 Å². The predicted molar refractivity (Wildman–Crippen MR) is 36.4 cm³/mol. The van der Waals surface area contributed by atoms with E-state index in [9.17, 15) is 4.79 Å². The number of halogens is 1. The van der Waals surface area contributed by atoms with Gasteiger partial charge in [-0.2, -0.15) is 0 Å². The molecule has 0 aliphatic carbocycles. The van der Waals surface area contributed by atoms with Crippen molar-refractivity contribution in [3.05, 3.63) is 23.8 Å². The van der Waals surface area contributed by atoms with Crippen LogP contribution in [0.15, 0.2) is 23.8 Å². The largest absolute Gasteiger partial charge is 0.478 e. The fraction of sp³-hybridized carbons (Fsp3) is 0.167. The van der Waals surface area contributed by atoms with Crippen molar-refractivity contribution in [1.29, 1.82) is 0 Å². The smallest absolute Gasteiger partial charge is 0.331 e. The molecule has 0 atom stereocenters. The lowest BCUT2D eigenvalue weighted by Crippen LogP contribution is -1.96. The second kappa shape index (κ2) is 4.15. The monoisotopic (exact) mass is 146 g/mol. The summed E-state index contributed by atoms with van der Waals surface area (Å²) in [7, 11) is 0. The van der Waals surface area contributed by atoms with E-state index in [0.29, 0.717) is 6.42 Å².